The molecule has 0 aliphatic carbocycles. The fraction of sp³-hybridized carbons (Fsp3) is 0.250. The highest BCUT2D eigenvalue weighted by Crippen LogP contribution is 2.20. The van der Waals surface area contributed by atoms with Gasteiger partial charge in [-0.1, -0.05) is 158 Å². The molecule has 0 aliphatic rings. The van der Waals surface area contributed by atoms with Crippen LogP contribution in [-0.2, 0) is 59.4 Å². The second-order valence-corrected chi connectivity index (χ2v) is 16.7. The molecular formula is C56H62N6O10. The molecule has 6 aromatic carbocycles. The van der Waals surface area contributed by atoms with E-state index in [1.54, 1.807) is 55.5 Å². The van der Waals surface area contributed by atoms with Crippen molar-refractivity contribution in [3.63, 3.8) is 0 Å². The molecule has 6 aromatic rings. The van der Waals surface area contributed by atoms with E-state index in [9.17, 15) is 39.0 Å². The Kier molecular flexibility index (Phi) is 22.0. The van der Waals surface area contributed by atoms with Crippen LogP contribution in [0, 0.1) is 0 Å². The van der Waals surface area contributed by atoms with Gasteiger partial charge in [0, 0.05) is 20.5 Å². The van der Waals surface area contributed by atoms with Crippen molar-refractivity contribution >= 4 is 47.1 Å². The van der Waals surface area contributed by atoms with Crippen molar-refractivity contribution in [1.29, 1.82) is 0 Å². The molecule has 0 saturated carbocycles. The number of hydrogen-bond donors (Lipinski definition) is 5. The Balaban J connectivity index is 0.000000289. The lowest BCUT2D eigenvalue weighted by atomic mass is 10.0. The number of carboxylic acid groups (broad SMARTS) is 3. The molecule has 0 saturated heterocycles. The largest absolute Gasteiger partial charge is 0.480 e. The second-order valence-electron chi connectivity index (χ2n) is 16.7. The Morgan fingerprint density at radius 2 is 0.889 bits per heavy atom. The molecule has 0 fully saturated rings. The summed E-state index contributed by atoms with van der Waals surface area (Å²) in [7, 11) is 3.25. The number of benzene rings is 6. The van der Waals surface area contributed by atoms with E-state index in [0.29, 0.717) is 37.1 Å². The van der Waals surface area contributed by atoms with Gasteiger partial charge in [-0.2, -0.15) is 0 Å². The molecule has 0 bridgehead atoms. The van der Waals surface area contributed by atoms with Gasteiger partial charge >= 0.3 is 23.9 Å². The number of carbonyl (C=O) groups excluding carboxylic acids is 3. The van der Waals surface area contributed by atoms with E-state index >= 15 is 0 Å². The number of esters is 1. The first-order chi connectivity index (χ1) is 34.8. The number of rotatable bonds is 26. The number of carboxylic acids is 3. The number of carbonyl (C=O) groups is 6. The zero-order valence-electron chi connectivity index (χ0n) is 40.4. The summed E-state index contributed by atoms with van der Waals surface area (Å²) in [5.41, 5.74) is 4.99. The third-order valence-corrected chi connectivity index (χ3v) is 11.6. The molecule has 3 atom stereocenters. The average molecular weight is 979 g/mol. The number of ether oxygens (including phenoxy) is 1. The van der Waals surface area contributed by atoms with Gasteiger partial charge in [0.05, 0.1) is 24.5 Å². The summed E-state index contributed by atoms with van der Waals surface area (Å²) in [5.74, 6) is -4.87. The first-order valence-electron chi connectivity index (χ1n) is 23.5. The Labute approximate surface area is 420 Å². The topological polar surface area (TPSA) is 209 Å². The monoisotopic (exact) mass is 978 g/mol. The maximum absolute atomic E-state index is 13.9. The van der Waals surface area contributed by atoms with Gasteiger partial charge in [-0.3, -0.25) is 44.6 Å². The standard InChI is InChI=1S/C35H37N3O5.C21H25N3O5/c1-37(30-20-12-5-13-21-30)38(32(34(40)41)24-28-16-8-3-9-17-28)33(39)25-36-31(23-22-27-14-6-2-7-15-27)35(42)43-26-29-18-10-4-11-19-29;1-23(17-10-6-3-7-11-17)24(15-20(26)27)19(25)14-22-18(21(28)29)13-12-16-8-4-2-5-9-16/h2-21,31-32,36H,22-26H2,1H3,(H,40,41);2-11,18,22H,12-15H2,1H3,(H,26,27)(H,28,29). The van der Waals surface area contributed by atoms with Crippen molar-refractivity contribution in [2.45, 2.75) is 56.8 Å². The van der Waals surface area contributed by atoms with Crippen LogP contribution in [-0.4, -0.2) is 113 Å². The molecule has 2 amide bonds. The number of nitrogens with zero attached hydrogens (tertiary/aromatic N) is 4. The van der Waals surface area contributed by atoms with Crippen LogP contribution in [0.2, 0.25) is 0 Å². The van der Waals surface area contributed by atoms with Crippen LogP contribution < -0.4 is 20.7 Å². The average Bonchev–Trinajstić information content (AvgIpc) is 3.40. The van der Waals surface area contributed by atoms with Crippen LogP contribution in [0.1, 0.15) is 35.1 Å². The SMILES string of the molecule is CN(c1ccccc1)N(C(=O)CNC(CCc1ccccc1)C(=O)OCc1ccccc1)C(Cc1ccccc1)C(=O)O.CN(c1ccccc1)N(CC(=O)O)C(=O)CNC(CCc1ccccc1)C(=O)O. The van der Waals surface area contributed by atoms with Crippen molar-refractivity contribution in [2.24, 2.45) is 0 Å². The minimum Gasteiger partial charge on any atom is -0.480 e. The summed E-state index contributed by atoms with van der Waals surface area (Å²) >= 11 is 0. The highest BCUT2D eigenvalue weighted by atomic mass is 16.5. The fourth-order valence-corrected chi connectivity index (χ4v) is 7.66. The minimum absolute atomic E-state index is 0.107. The summed E-state index contributed by atoms with van der Waals surface area (Å²) in [6.45, 7) is -0.988. The van der Waals surface area contributed by atoms with Gasteiger partial charge in [0.2, 0.25) is 0 Å². The summed E-state index contributed by atoms with van der Waals surface area (Å²) in [4.78, 5) is 75.1. The lowest BCUT2D eigenvalue weighted by Crippen LogP contribution is -2.57. The van der Waals surface area contributed by atoms with E-state index in [1.165, 1.54) is 10.0 Å². The number of amides is 2. The quantitative estimate of drug-likeness (QED) is 0.0290. The maximum Gasteiger partial charge on any atom is 0.328 e. The molecule has 5 N–H and O–H groups in total. The molecular weight excluding hydrogens is 917 g/mol. The first-order valence-corrected chi connectivity index (χ1v) is 23.5. The van der Waals surface area contributed by atoms with Crippen molar-refractivity contribution in [1.82, 2.24) is 20.7 Å². The Bertz CT molecular complexity index is 2600. The van der Waals surface area contributed by atoms with Gasteiger partial charge in [0.1, 0.15) is 25.2 Å². The van der Waals surface area contributed by atoms with Crippen LogP contribution in [0.5, 0.6) is 0 Å². The zero-order chi connectivity index (χ0) is 51.7. The predicted molar refractivity (Wildman–Crippen MR) is 274 cm³/mol. The summed E-state index contributed by atoms with van der Waals surface area (Å²) in [6, 6.07) is 52.9. The number of anilines is 2. The molecule has 0 spiro atoms. The van der Waals surface area contributed by atoms with Crippen molar-refractivity contribution in [2.75, 3.05) is 43.7 Å². The first kappa shape index (κ1) is 54.6. The highest BCUT2D eigenvalue weighted by Gasteiger charge is 2.34. The molecule has 3 unspecified atom stereocenters. The molecule has 0 aliphatic heterocycles. The van der Waals surface area contributed by atoms with Gasteiger partial charge in [-0.15, -0.1) is 0 Å². The van der Waals surface area contributed by atoms with Crippen LogP contribution in [0.3, 0.4) is 0 Å². The number of para-hydroxylation sites is 2. The molecule has 0 aromatic heterocycles. The number of aryl methyl sites for hydroxylation is 2. The van der Waals surface area contributed by atoms with Gasteiger partial charge in [0.15, 0.2) is 6.04 Å². The molecule has 6 rings (SSSR count). The lowest BCUT2D eigenvalue weighted by Gasteiger charge is -2.38. The van der Waals surface area contributed by atoms with Crippen molar-refractivity contribution in [3.05, 3.63) is 204 Å². The van der Waals surface area contributed by atoms with Gasteiger partial charge < -0.3 is 20.1 Å². The van der Waals surface area contributed by atoms with Gasteiger partial charge in [-0.05, 0) is 72.2 Å². The van der Waals surface area contributed by atoms with E-state index in [0.717, 1.165) is 27.3 Å². The Morgan fingerprint density at radius 1 is 0.486 bits per heavy atom. The summed E-state index contributed by atoms with van der Waals surface area (Å²) < 4.78 is 5.62. The number of hydrazine groups is 2. The number of nitrogens with one attached hydrogen (secondary N) is 2. The maximum atomic E-state index is 13.9. The van der Waals surface area contributed by atoms with E-state index in [-0.39, 0.29) is 26.1 Å². The van der Waals surface area contributed by atoms with Crippen LogP contribution in [0.15, 0.2) is 182 Å². The van der Waals surface area contributed by atoms with E-state index < -0.39 is 60.4 Å². The molecule has 16 nitrogen and oxygen atoms in total. The summed E-state index contributed by atoms with van der Waals surface area (Å²) in [6.07, 6.45) is 1.94. The molecule has 16 heteroatoms. The minimum atomic E-state index is -1.19. The van der Waals surface area contributed by atoms with Gasteiger partial charge in [0.25, 0.3) is 11.8 Å². The number of aliphatic carboxylic acids is 3. The zero-order valence-corrected chi connectivity index (χ0v) is 40.4. The lowest BCUT2D eigenvalue weighted by molar-refractivity contribution is -0.151. The Morgan fingerprint density at radius 3 is 1.35 bits per heavy atom. The van der Waals surface area contributed by atoms with Crippen molar-refractivity contribution < 1.29 is 48.8 Å². The smallest absolute Gasteiger partial charge is 0.328 e. The van der Waals surface area contributed by atoms with Crippen molar-refractivity contribution in [3.8, 4) is 0 Å². The van der Waals surface area contributed by atoms with Gasteiger partial charge in [-0.25, -0.2) is 14.8 Å². The molecule has 0 heterocycles. The molecule has 0 radical (unpaired) electrons. The fourth-order valence-electron chi connectivity index (χ4n) is 7.66. The normalized spacial score (nSPS) is 11.9. The van der Waals surface area contributed by atoms with Crippen LogP contribution in [0.4, 0.5) is 11.4 Å². The second kappa shape index (κ2) is 29.0. The number of hydrogen-bond acceptors (Lipinski definition) is 11. The predicted octanol–water partition coefficient (Wildman–Crippen LogP) is 6.52. The summed E-state index contributed by atoms with van der Waals surface area (Å²) in [5, 5.41) is 40.0. The van der Waals surface area contributed by atoms with Crippen LogP contribution >= 0.6 is 0 Å². The highest BCUT2D eigenvalue weighted by molar-refractivity contribution is 5.87. The van der Waals surface area contributed by atoms with Crippen LogP contribution in [0.25, 0.3) is 0 Å². The van der Waals surface area contributed by atoms with E-state index in [4.69, 9.17) is 9.84 Å². The van der Waals surface area contributed by atoms with E-state index in [2.05, 4.69) is 10.6 Å². The molecule has 72 heavy (non-hydrogen) atoms. The molecule has 376 valence electrons. The third-order valence-electron chi connectivity index (χ3n) is 11.6. The van der Waals surface area contributed by atoms with E-state index in [1.807, 2.05) is 146 Å². The Hall–Kier alpha value is -8.34. The third kappa shape index (κ3) is 17.9.